The number of anilines is 1. The summed E-state index contributed by atoms with van der Waals surface area (Å²) in [5.74, 6) is 0. The zero-order chi connectivity index (χ0) is 13.8. The first kappa shape index (κ1) is 14.4. The lowest BCUT2D eigenvalue weighted by Gasteiger charge is -2.07. The van der Waals surface area contributed by atoms with Crippen LogP contribution in [0.4, 0.5) is 5.69 Å². The summed E-state index contributed by atoms with van der Waals surface area (Å²) in [5.41, 5.74) is 3.89. The van der Waals surface area contributed by atoms with Crippen molar-refractivity contribution >= 4 is 57.3 Å². The van der Waals surface area contributed by atoms with Gasteiger partial charge >= 0.3 is 0 Å². The van der Waals surface area contributed by atoms with Gasteiger partial charge in [0, 0.05) is 23.0 Å². The molecule has 1 aromatic carbocycles. The smallest absolute Gasteiger partial charge is 0.156 e. The Morgan fingerprint density at radius 2 is 1.63 bits per heavy atom. The van der Waals surface area contributed by atoms with Crippen LogP contribution in [-0.2, 0) is 0 Å². The van der Waals surface area contributed by atoms with Gasteiger partial charge in [-0.15, -0.1) is 0 Å². The van der Waals surface area contributed by atoms with Crippen LogP contribution in [0.5, 0.6) is 0 Å². The minimum absolute atomic E-state index is 0.268. The number of hydrazone groups is 1. The Balaban J connectivity index is 2.23. The maximum Gasteiger partial charge on any atom is 0.156 e. The standard InChI is InChI=1S/C12H7Cl4N3/c13-8-5-9(14)11(10(15)6-8)18-19-12(16)7-1-3-17-4-2-7/h1-6,18H. The normalized spacial score (nSPS) is 11.5. The lowest BCUT2D eigenvalue weighted by Crippen LogP contribution is -1.98. The summed E-state index contributed by atoms with van der Waals surface area (Å²) in [4.78, 5) is 3.89. The average Bonchev–Trinajstić information content (AvgIpc) is 2.38. The van der Waals surface area contributed by atoms with Crippen LogP contribution >= 0.6 is 46.4 Å². The first-order chi connectivity index (χ1) is 9.08. The van der Waals surface area contributed by atoms with E-state index in [9.17, 15) is 0 Å². The van der Waals surface area contributed by atoms with Crippen LogP contribution in [0.15, 0.2) is 41.8 Å². The Morgan fingerprint density at radius 1 is 1.05 bits per heavy atom. The van der Waals surface area contributed by atoms with Gasteiger partial charge in [0.15, 0.2) is 5.17 Å². The van der Waals surface area contributed by atoms with Crippen LogP contribution in [0.3, 0.4) is 0 Å². The molecule has 98 valence electrons. The highest BCUT2D eigenvalue weighted by atomic mass is 35.5. The van der Waals surface area contributed by atoms with Crippen molar-refractivity contribution in [3.63, 3.8) is 0 Å². The van der Waals surface area contributed by atoms with Crippen LogP contribution in [0.2, 0.25) is 15.1 Å². The molecule has 0 aliphatic heterocycles. The number of hydrogen-bond acceptors (Lipinski definition) is 3. The molecule has 19 heavy (non-hydrogen) atoms. The zero-order valence-electron chi connectivity index (χ0n) is 9.37. The molecule has 0 atom stereocenters. The fourth-order valence-corrected chi connectivity index (χ4v) is 2.38. The summed E-state index contributed by atoms with van der Waals surface area (Å²) in [7, 11) is 0. The maximum atomic E-state index is 6.04. The Morgan fingerprint density at radius 3 is 2.21 bits per heavy atom. The first-order valence-electron chi connectivity index (χ1n) is 5.12. The second-order valence-corrected chi connectivity index (χ2v) is 5.10. The molecule has 1 N–H and O–H groups in total. The molecule has 0 saturated heterocycles. The van der Waals surface area contributed by atoms with E-state index in [1.54, 1.807) is 36.7 Å². The molecule has 7 heteroatoms. The second kappa shape index (κ2) is 6.44. The lowest BCUT2D eigenvalue weighted by molar-refractivity contribution is 1.31. The molecule has 1 aromatic heterocycles. The van der Waals surface area contributed by atoms with Gasteiger partial charge in [-0.3, -0.25) is 10.4 Å². The molecule has 3 nitrogen and oxygen atoms in total. The van der Waals surface area contributed by atoms with Gasteiger partial charge in [-0.05, 0) is 24.3 Å². The maximum absolute atomic E-state index is 6.04. The van der Waals surface area contributed by atoms with Crippen molar-refractivity contribution in [2.75, 3.05) is 5.43 Å². The van der Waals surface area contributed by atoms with E-state index in [-0.39, 0.29) is 5.17 Å². The van der Waals surface area contributed by atoms with Crippen molar-refractivity contribution in [3.8, 4) is 0 Å². The van der Waals surface area contributed by atoms with Gasteiger partial charge in [0.05, 0.1) is 15.7 Å². The van der Waals surface area contributed by atoms with Crippen molar-refractivity contribution in [2.45, 2.75) is 0 Å². The molecular weight excluding hydrogens is 328 g/mol. The lowest BCUT2D eigenvalue weighted by atomic mass is 10.3. The summed E-state index contributed by atoms with van der Waals surface area (Å²) in [6, 6.07) is 6.59. The predicted octanol–water partition coefficient (Wildman–Crippen LogP) is 5.05. The molecule has 0 aliphatic carbocycles. The summed E-state index contributed by atoms with van der Waals surface area (Å²) >= 11 is 23.9. The van der Waals surface area contributed by atoms with Crippen LogP contribution in [0.1, 0.15) is 5.56 Å². The number of pyridine rings is 1. The molecule has 0 unspecified atom stereocenters. The number of benzene rings is 1. The molecule has 0 aliphatic rings. The van der Waals surface area contributed by atoms with E-state index in [2.05, 4.69) is 15.5 Å². The van der Waals surface area contributed by atoms with Gasteiger partial charge in [-0.2, -0.15) is 5.10 Å². The number of nitrogens with zero attached hydrogens (tertiary/aromatic N) is 2. The van der Waals surface area contributed by atoms with E-state index in [4.69, 9.17) is 46.4 Å². The quantitative estimate of drug-likeness (QED) is 0.629. The van der Waals surface area contributed by atoms with Gasteiger partial charge in [-0.25, -0.2) is 0 Å². The molecule has 0 amide bonds. The third-order valence-corrected chi connectivity index (χ3v) is 3.31. The van der Waals surface area contributed by atoms with E-state index >= 15 is 0 Å². The molecule has 1 heterocycles. The van der Waals surface area contributed by atoms with Gasteiger partial charge in [0.25, 0.3) is 0 Å². The monoisotopic (exact) mass is 333 g/mol. The molecular formula is C12H7Cl4N3. The number of hydrogen-bond donors (Lipinski definition) is 1. The third-order valence-electron chi connectivity index (χ3n) is 2.19. The van der Waals surface area contributed by atoms with Gasteiger partial charge in [0.1, 0.15) is 0 Å². The largest absolute Gasteiger partial charge is 0.274 e. The molecule has 0 radical (unpaired) electrons. The summed E-state index contributed by atoms with van der Waals surface area (Å²) < 4.78 is 0. The Bertz CT molecular complexity index is 591. The fourth-order valence-electron chi connectivity index (χ4n) is 1.31. The highest BCUT2D eigenvalue weighted by Gasteiger charge is 2.07. The highest BCUT2D eigenvalue weighted by molar-refractivity contribution is 6.69. The van der Waals surface area contributed by atoms with Crippen LogP contribution < -0.4 is 5.43 Å². The van der Waals surface area contributed by atoms with E-state index in [0.29, 0.717) is 20.8 Å². The molecule has 0 saturated carbocycles. The summed E-state index contributed by atoms with van der Waals surface area (Å²) in [6.07, 6.45) is 3.24. The molecule has 2 aromatic rings. The SMILES string of the molecule is ClC(=NNc1c(Cl)cc(Cl)cc1Cl)c1ccncc1. The van der Waals surface area contributed by atoms with Gasteiger partial charge in [-0.1, -0.05) is 46.4 Å². The third kappa shape index (κ3) is 3.74. The number of nitrogens with one attached hydrogen (secondary N) is 1. The minimum atomic E-state index is 0.268. The Kier molecular flexibility index (Phi) is 4.88. The van der Waals surface area contributed by atoms with Crippen LogP contribution in [0, 0.1) is 0 Å². The molecule has 0 spiro atoms. The summed E-state index contributed by atoms with van der Waals surface area (Å²) in [5, 5.41) is 5.45. The Labute approximate surface area is 130 Å². The number of rotatable bonds is 3. The van der Waals surface area contributed by atoms with Crippen molar-refractivity contribution in [1.82, 2.24) is 4.98 Å². The average molecular weight is 335 g/mol. The molecule has 0 fully saturated rings. The van der Waals surface area contributed by atoms with Crippen molar-refractivity contribution in [3.05, 3.63) is 57.3 Å². The van der Waals surface area contributed by atoms with E-state index in [1.807, 2.05) is 0 Å². The highest BCUT2D eigenvalue weighted by Crippen LogP contribution is 2.33. The summed E-state index contributed by atoms with van der Waals surface area (Å²) in [6.45, 7) is 0. The van der Waals surface area contributed by atoms with Crippen molar-refractivity contribution in [1.29, 1.82) is 0 Å². The van der Waals surface area contributed by atoms with Gasteiger partial charge in [0.2, 0.25) is 0 Å². The van der Waals surface area contributed by atoms with Gasteiger partial charge < -0.3 is 0 Å². The van der Waals surface area contributed by atoms with Crippen LogP contribution in [0.25, 0.3) is 0 Å². The zero-order valence-corrected chi connectivity index (χ0v) is 12.4. The second-order valence-electron chi connectivity index (χ2n) is 3.49. The topological polar surface area (TPSA) is 37.3 Å². The van der Waals surface area contributed by atoms with Crippen LogP contribution in [-0.4, -0.2) is 10.2 Å². The first-order valence-corrected chi connectivity index (χ1v) is 6.63. The minimum Gasteiger partial charge on any atom is -0.274 e. The fraction of sp³-hybridized carbons (Fsp3) is 0. The van der Waals surface area contributed by atoms with Crippen molar-refractivity contribution in [2.24, 2.45) is 5.10 Å². The molecule has 0 bridgehead atoms. The Hall–Kier alpha value is -1.00. The molecule has 2 rings (SSSR count). The van der Waals surface area contributed by atoms with E-state index in [0.717, 1.165) is 5.56 Å². The predicted molar refractivity (Wildman–Crippen MR) is 81.7 cm³/mol. The van der Waals surface area contributed by atoms with E-state index in [1.165, 1.54) is 0 Å². The van der Waals surface area contributed by atoms with E-state index < -0.39 is 0 Å². The van der Waals surface area contributed by atoms with Crippen molar-refractivity contribution < 1.29 is 0 Å². The number of aromatic nitrogens is 1. The number of halogens is 4.